The van der Waals surface area contributed by atoms with Crippen molar-refractivity contribution in [2.75, 3.05) is 7.05 Å². The molecular weight excluding hydrogens is 360 g/mol. The quantitative estimate of drug-likeness (QED) is 0.791. The highest BCUT2D eigenvalue weighted by Gasteiger charge is 2.18. The van der Waals surface area contributed by atoms with Crippen LogP contribution in [-0.2, 0) is 23.1 Å². The topological polar surface area (TPSA) is 97.1 Å². The fourth-order valence-electron chi connectivity index (χ4n) is 1.72. The van der Waals surface area contributed by atoms with Gasteiger partial charge in [0, 0.05) is 11.0 Å². The van der Waals surface area contributed by atoms with Crippen molar-refractivity contribution in [2.45, 2.75) is 24.9 Å². The summed E-state index contributed by atoms with van der Waals surface area (Å²) in [5.74, 6) is 0.681. The lowest BCUT2D eigenvalue weighted by Crippen LogP contribution is -2.24. The van der Waals surface area contributed by atoms with Crippen molar-refractivity contribution in [3.05, 3.63) is 40.0 Å². The van der Waals surface area contributed by atoms with Gasteiger partial charge in [-0.2, -0.15) is 4.98 Å². The fraction of sp³-hybridized carbons (Fsp3) is 0.333. The Morgan fingerprint density at radius 2 is 2.10 bits per heavy atom. The Labute approximate surface area is 131 Å². The third-order valence-corrected chi connectivity index (χ3v) is 5.03. The van der Waals surface area contributed by atoms with E-state index in [9.17, 15) is 8.42 Å². The molecular formula is C12H15BrN4O3S. The fourth-order valence-corrected chi connectivity index (χ4v) is 3.82. The second-order valence-corrected chi connectivity index (χ2v) is 6.94. The molecule has 21 heavy (non-hydrogen) atoms. The van der Waals surface area contributed by atoms with Crippen LogP contribution < -0.4 is 10.0 Å². The van der Waals surface area contributed by atoms with Gasteiger partial charge in [0.25, 0.3) is 0 Å². The number of hydrogen-bond donors (Lipinski definition) is 2. The van der Waals surface area contributed by atoms with Crippen LogP contribution in [0.1, 0.15) is 17.3 Å². The van der Waals surface area contributed by atoms with E-state index in [2.05, 4.69) is 36.1 Å². The summed E-state index contributed by atoms with van der Waals surface area (Å²) in [6.45, 7) is 2.28. The number of nitrogens with zero attached hydrogens (tertiary/aromatic N) is 2. The lowest BCUT2D eigenvalue weighted by Gasteiger charge is -2.08. The van der Waals surface area contributed by atoms with Crippen molar-refractivity contribution >= 4 is 26.0 Å². The summed E-state index contributed by atoms with van der Waals surface area (Å²) in [6.07, 6.45) is 0. The van der Waals surface area contributed by atoms with Crippen LogP contribution in [0.25, 0.3) is 0 Å². The molecule has 0 aliphatic heterocycles. The smallest absolute Gasteiger partial charge is 0.242 e. The molecule has 2 aromatic rings. The Kier molecular flexibility index (Phi) is 5.09. The lowest BCUT2D eigenvalue weighted by atomic mass is 10.2. The van der Waals surface area contributed by atoms with E-state index in [0.717, 1.165) is 5.56 Å². The van der Waals surface area contributed by atoms with Crippen molar-refractivity contribution in [2.24, 2.45) is 0 Å². The largest absolute Gasteiger partial charge is 0.338 e. The Balaban J connectivity index is 2.15. The van der Waals surface area contributed by atoms with E-state index < -0.39 is 10.0 Å². The Hall–Kier alpha value is -1.29. The van der Waals surface area contributed by atoms with Crippen molar-refractivity contribution in [1.82, 2.24) is 20.2 Å². The van der Waals surface area contributed by atoms with Crippen molar-refractivity contribution in [3.8, 4) is 0 Å². The molecule has 9 heteroatoms. The highest BCUT2D eigenvalue weighted by molar-refractivity contribution is 9.10. The normalized spacial score (nSPS) is 11.8. The van der Waals surface area contributed by atoms with Gasteiger partial charge in [-0.15, -0.1) is 0 Å². The molecule has 0 aliphatic rings. The molecule has 0 spiro atoms. The number of nitrogens with one attached hydrogen (secondary N) is 2. The van der Waals surface area contributed by atoms with Crippen LogP contribution in [0.2, 0.25) is 0 Å². The average molecular weight is 375 g/mol. The Bertz CT molecular complexity index is 730. The molecule has 0 fully saturated rings. The number of aryl methyl sites for hydroxylation is 1. The molecule has 0 saturated carbocycles. The second kappa shape index (κ2) is 6.65. The maximum absolute atomic E-state index is 12.3. The highest BCUT2D eigenvalue weighted by atomic mass is 79.9. The van der Waals surface area contributed by atoms with Gasteiger partial charge in [0.2, 0.25) is 15.9 Å². The van der Waals surface area contributed by atoms with Gasteiger partial charge < -0.3 is 9.84 Å². The summed E-state index contributed by atoms with van der Waals surface area (Å²) in [4.78, 5) is 4.11. The molecule has 2 rings (SSSR count). The van der Waals surface area contributed by atoms with Gasteiger partial charge in [0.15, 0.2) is 5.82 Å². The first-order valence-corrected chi connectivity index (χ1v) is 8.42. The summed E-state index contributed by atoms with van der Waals surface area (Å²) in [7, 11) is -1.83. The minimum absolute atomic E-state index is 0.0477. The van der Waals surface area contributed by atoms with E-state index in [0.29, 0.717) is 16.8 Å². The van der Waals surface area contributed by atoms with Crippen molar-refractivity contribution in [3.63, 3.8) is 0 Å². The molecule has 0 saturated heterocycles. The molecule has 1 aromatic carbocycles. The Morgan fingerprint density at radius 1 is 1.33 bits per heavy atom. The molecule has 0 bridgehead atoms. The molecule has 0 unspecified atom stereocenters. The molecule has 2 N–H and O–H groups in total. The molecule has 114 valence electrons. The number of benzene rings is 1. The lowest BCUT2D eigenvalue weighted by molar-refractivity contribution is 0.372. The number of hydrogen-bond acceptors (Lipinski definition) is 6. The highest BCUT2D eigenvalue weighted by Crippen LogP contribution is 2.23. The van der Waals surface area contributed by atoms with Gasteiger partial charge in [-0.05, 0) is 47.6 Å². The van der Waals surface area contributed by atoms with Gasteiger partial charge in [0.05, 0.1) is 11.4 Å². The van der Waals surface area contributed by atoms with Crippen LogP contribution in [0.4, 0.5) is 0 Å². The molecule has 1 aromatic heterocycles. The van der Waals surface area contributed by atoms with Crippen LogP contribution >= 0.6 is 15.9 Å². The van der Waals surface area contributed by atoms with Crippen molar-refractivity contribution < 1.29 is 12.9 Å². The van der Waals surface area contributed by atoms with Gasteiger partial charge in [-0.3, -0.25) is 0 Å². The summed E-state index contributed by atoms with van der Waals surface area (Å²) in [5, 5.41) is 6.61. The average Bonchev–Trinajstić information content (AvgIpc) is 2.83. The monoisotopic (exact) mass is 374 g/mol. The van der Waals surface area contributed by atoms with E-state index in [4.69, 9.17) is 4.52 Å². The number of halogens is 1. The maximum atomic E-state index is 12.3. The van der Waals surface area contributed by atoms with Crippen LogP contribution in [0.15, 0.2) is 32.1 Å². The second-order valence-electron chi connectivity index (χ2n) is 4.35. The first-order valence-electron chi connectivity index (χ1n) is 6.14. The third kappa shape index (κ3) is 4.10. The number of rotatable bonds is 6. The van der Waals surface area contributed by atoms with E-state index in [1.54, 1.807) is 25.1 Å². The zero-order valence-electron chi connectivity index (χ0n) is 11.6. The van der Waals surface area contributed by atoms with Crippen LogP contribution in [0.3, 0.4) is 0 Å². The predicted molar refractivity (Wildman–Crippen MR) is 80.0 cm³/mol. The molecule has 0 aliphatic carbocycles. The van der Waals surface area contributed by atoms with Crippen molar-refractivity contribution in [1.29, 1.82) is 0 Å². The van der Waals surface area contributed by atoms with Gasteiger partial charge in [-0.25, -0.2) is 13.1 Å². The first-order chi connectivity index (χ1) is 9.92. The number of aromatic nitrogens is 2. The van der Waals surface area contributed by atoms with E-state index >= 15 is 0 Å². The minimum atomic E-state index is -3.66. The predicted octanol–water partition coefficient (Wildman–Crippen LogP) is 1.34. The van der Waals surface area contributed by atoms with Crippen LogP contribution in [-0.4, -0.2) is 25.6 Å². The summed E-state index contributed by atoms with van der Waals surface area (Å²) in [5.41, 5.74) is 0.982. The third-order valence-electron chi connectivity index (χ3n) is 2.65. The zero-order valence-corrected chi connectivity index (χ0v) is 14.0. The zero-order chi connectivity index (χ0) is 15.5. The maximum Gasteiger partial charge on any atom is 0.242 e. The van der Waals surface area contributed by atoms with E-state index in [1.165, 1.54) is 0 Å². The van der Waals surface area contributed by atoms with Gasteiger partial charge in [0.1, 0.15) is 0 Å². The van der Waals surface area contributed by atoms with Crippen LogP contribution in [0, 0.1) is 6.92 Å². The Morgan fingerprint density at radius 3 is 2.67 bits per heavy atom. The molecule has 0 radical (unpaired) electrons. The molecule has 0 amide bonds. The molecule has 0 atom stereocenters. The SMILES string of the molecule is CNCc1ccc(S(=O)(=O)NCc2nc(C)no2)c(Br)c1. The minimum Gasteiger partial charge on any atom is -0.338 e. The summed E-state index contributed by atoms with van der Waals surface area (Å²) < 4.78 is 32.3. The standard InChI is InChI=1S/C12H15BrN4O3S/c1-8-16-12(20-17-8)7-15-21(18,19)11-4-3-9(6-14-2)5-10(11)13/h3-5,14-15H,6-7H2,1-2H3. The number of sulfonamides is 1. The molecule has 7 nitrogen and oxygen atoms in total. The van der Waals surface area contributed by atoms with Gasteiger partial charge >= 0.3 is 0 Å². The summed E-state index contributed by atoms with van der Waals surface area (Å²) in [6, 6.07) is 5.08. The van der Waals surface area contributed by atoms with Gasteiger partial charge in [-0.1, -0.05) is 11.2 Å². The summed E-state index contributed by atoms with van der Waals surface area (Å²) >= 11 is 3.28. The molecule has 1 heterocycles. The van der Waals surface area contributed by atoms with E-state index in [1.807, 2.05) is 7.05 Å². The van der Waals surface area contributed by atoms with E-state index in [-0.39, 0.29) is 17.3 Å². The van der Waals surface area contributed by atoms with Crippen LogP contribution in [0.5, 0.6) is 0 Å². The first kappa shape index (κ1) is 16.1.